The van der Waals surface area contributed by atoms with Gasteiger partial charge in [0.15, 0.2) is 0 Å². The molecule has 0 radical (unpaired) electrons. The lowest BCUT2D eigenvalue weighted by atomic mass is 10.0. The summed E-state index contributed by atoms with van der Waals surface area (Å²) >= 11 is 0. The molecule has 0 fully saturated rings. The second kappa shape index (κ2) is 38.0. The lowest BCUT2D eigenvalue weighted by Crippen LogP contribution is -2.16. The molecule has 0 unspecified atom stereocenters. The maximum absolute atomic E-state index is 15.0. The third-order valence-electron chi connectivity index (χ3n) is 12.2. The van der Waals surface area contributed by atoms with Gasteiger partial charge in [-0.05, 0) is 74.2 Å². The molecule has 3 aromatic carbocycles. The number of esters is 4. The molecular formula is C58H78F4O10. The molecule has 10 nitrogen and oxygen atoms in total. The zero-order valence-electron chi connectivity index (χ0n) is 42.4. The van der Waals surface area contributed by atoms with Crippen LogP contribution in [0.2, 0.25) is 0 Å². The number of benzene rings is 3. The van der Waals surface area contributed by atoms with E-state index >= 15 is 17.6 Å². The number of carbonyl (C=O) groups is 4. The average Bonchev–Trinajstić information content (AvgIpc) is 3.39. The van der Waals surface area contributed by atoms with Crippen molar-refractivity contribution in [3.05, 3.63) is 108 Å². The molecule has 0 aromatic heterocycles. The fourth-order valence-corrected chi connectivity index (χ4v) is 7.94. The van der Waals surface area contributed by atoms with E-state index in [-0.39, 0.29) is 23.1 Å². The molecule has 14 heteroatoms. The Labute approximate surface area is 425 Å². The van der Waals surface area contributed by atoms with Crippen LogP contribution in [0.3, 0.4) is 0 Å². The van der Waals surface area contributed by atoms with Crippen molar-refractivity contribution in [3.8, 4) is 23.0 Å². The molecule has 0 heterocycles. The van der Waals surface area contributed by atoms with Crippen molar-refractivity contribution >= 4 is 23.9 Å². The minimum Gasteiger partial charge on any atom is -0.494 e. The largest absolute Gasteiger partial charge is 0.494 e. The highest BCUT2D eigenvalue weighted by Crippen LogP contribution is 2.36. The number of hydrogen-bond acceptors (Lipinski definition) is 10. The third-order valence-corrected chi connectivity index (χ3v) is 12.2. The molecule has 0 saturated heterocycles. The number of hydrogen-bond donors (Lipinski definition) is 0. The fourth-order valence-electron chi connectivity index (χ4n) is 7.94. The SMILES string of the molecule is C=CC(=O)OCCCCCCCCCCCCCCCCOc1ccc(C(=O)Oc2c(F)c(F)c(OC(=O)c3ccc(OCCCCCCCCCCCCCCCCOC(=O)C=C)cc3)c(F)c2F)cc1. The van der Waals surface area contributed by atoms with Crippen LogP contribution < -0.4 is 18.9 Å². The van der Waals surface area contributed by atoms with Crippen LogP contribution in [0.25, 0.3) is 0 Å². The van der Waals surface area contributed by atoms with Gasteiger partial charge in [0.25, 0.3) is 0 Å². The molecule has 72 heavy (non-hydrogen) atoms. The van der Waals surface area contributed by atoms with E-state index < -0.39 is 46.7 Å². The van der Waals surface area contributed by atoms with Crippen LogP contribution in [0, 0.1) is 23.3 Å². The minimum absolute atomic E-state index is 0.151. The monoisotopic (exact) mass is 1010 g/mol. The standard InChI is InChI=1S/C58H78F4O10/c1-3-49(63)69-43-31-27-23-19-15-11-7-5-9-13-17-21-25-29-41-67-47-37-33-45(34-38-47)57(65)71-55-51(59)53(61)56(54(62)52(55)60)72-58(66)46-35-39-48(40-36-46)68-42-30-26-22-18-14-10-6-8-12-16-20-24-28-32-44-70-50(64)4-2/h3-4,33-40H,1-2,5-32,41-44H2. The van der Waals surface area contributed by atoms with E-state index in [4.69, 9.17) is 28.4 Å². The molecule has 3 rings (SSSR count). The van der Waals surface area contributed by atoms with Gasteiger partial charge in [-0.15, -0.1) is 0 Å². The summed E-state index contributed by atoms with van der Waals surface area (Å²) in [5, 5.41) is 0. The lowest BCUT2D eigenvalue weighted by Gasteiger charge is -2.13. The van der Waals surface area contributed by atoms with Gasteiger partial charge in [-0.25, -0.2) is 19.2 Å². The summed E-state index contributed by atoms with van der Waals surface area (Å²) in [6.07, 6.45) is 34.1. The predicted octanol–water partition coefficient (Wildman–Crippen LogP) is 15.8. The molecule has 0 aliphatic heterocycles. The Kier molecular flexibility index (Phi) is 32.0. The summed E-state index contributed by atoms with van der Waals surface area (Å²) in [4.78, 5) is 47.5. The van der Waals surface area contributed by atoms with Crippen molar-refractivity contribution in [2.24, 2.45) is 0 Å². The van der Waals surface area contributed by atoms with E-state index in [9.17, 15) is 19.2 Å². The molecule has 0 amide bonds. The van der Waals surface area contributed by atoms with Crippen LogP contribution in [-0.4, -0.2) is 50.3 Å². The van der Waals surface area contributed by atoms with Gasteiger partial charge in [-0.2, -0.15) is 17.6 Å². The van der Waals surface area contributed by atoms with Crippen LogP contribution in [0.4, 0.5) is 17.6 Å². The van der Waals surface area contributed by atoms with Gasteiger partial charge in [-0.1, -0.05) is 167 Å². The van der Waals surface area contributed by atoms with Gasteiger partial charge in [0.1, 0.15) is 11.5 Å². The Morgan fingerprint density at radius 2 is 0.569 bits per heavy atom. The molecule has 3 aromatic rings. The Bertz CT molecular complexity index is 1870. The number of halogens is 4. The molecule has 0 aliphatic rings. The Morgan fingerprint density at radius 3 is 0.806 bits per heavy atom. The first-order valence-corrected chi connectivity index (χ1v) is 26.4. The molecule has 398 valence electrons. The zero-order valence-corrected chi connectivity index (χ0v) is 42.4. The van der Waals surface area contributed by atoms with Crippen molar-refractivity contribution in [3.63, 3.8) is 0 Å². The number of carbonyl (C=O) groups excluding carboxylic acids is 4. The average molecular weight is 1010 g/mol. The number of unbranched alkanes of at least 4 members (excludes halogenated alkanes) is 26. The fraction of sp³-hybridized carbons (Fsp3) is 0.552. The third kappa shape index (κ3) is 25.6. The van der Waals surface area contributed by atoms with Gasteiger partial charge in [0, 0.05) is 12.2 Å². The number of ether oxygens (including phenoxy) is 6. The van der Waals surface area contributed by atoms with Crippen LogP contribution in [0.1, 0.15) is 200 Å². The highest BCUT2D eigenvalue weighted by Gasteiger charge is 2.31. The second-order valence-electron chi connectivity index (χ2n) is 18.1. The molecule has 0 saturated carbocycles. The summed E-state index contributed by atoms with van der Waals surface area (Å²) in [5.74, 6) is -13.8. The minimum atomic E-state index is -2.05. The van der Waals surface area contributed by atoms with Crippen molar-refractivity contribution in [1.82, 2.24) is 0 Å². The molecule has 0 aliphatic carbocycles. The molecule has 0 atom stereocenters. The second-order valence-corrected chi connectivity index (χ2v) is 18.1. The van der Waals surface area contributed by atoms with E-state index in [1.807, 2.05) is 0 Å². The summed E-state index contributed by atoms with van der Waals surface area (Å²) in [7, 11) is 0. The molecule has 0 bridgehead atoms. The predicted molar refractivity (Wildman–Crippen MR) is 272 cm³/mol. The Morgan fingerprint density at radius 1 is 0.347 bits per heavy atom. The van der Waals surface area contributed by atoms with Crippen LogP contribution >= 0.6 is 0 Å². The number of rotatable bonds is 42. The van der Waals surface area contributed by atoms with E-state index in [0.29, 0.717) is 37.9 Å². The normalized spacial score (nSPS) is 10.9. The smallest absolute Gasteiger partial charge is 0.343 e. The summed E-state index contributed by atoms with van der Waals surface area (Å²) in [6.45, 7) is 8.62. The molecule has 0 N–H and O–H groups in total. The van der Waals surface area contributed by atoms with E-state index in [0.717, 1.165) is 89.9 Å². The van der Waals surface area contributed by atoms with E-state index in [1.54, 1.807) is 0 Å². The quantitative estimate of drug-likeness (QED) is 0.0135. The topological polar surface area (TPSA) is 124 Å². The van der Waals surface area contributed by atoms with E-state index in [1.165, 1.54) is 151 Å². The first kappa shape index (κ1) is 60.6. The van der Waals surface area contributed by atoms with Crippen molar-refractivity contribution in [1.29, 1.82) is 0 Å². The summed E-state index contributed by atoms with van der Waals surface area (Å²) in [5.41, 5.74) is -0.302. The van der Waals surface area contributed by atoms with Gasteiger partial charge in [0.2, 0.25) is 34.8 Å². The Balaban J connectivity index is 1.24. The van der Waals surface area contributed by atoms with Crippen molar-refractivity contribution in [2.75, 3.05) is 26.4 Å². The van der Waals surface area contributed by atoms with Crippen molar-refractivity contribution < 1.29 is 65.2 Å². The summed E-state index contributed by atoms with van der Waals surface area (Å²) in [6, 6.07) is 11.1. The first-order valence-electron chi connectivity index (χ1n) is 26.4. The highest BCUT2D eigenvalue weighted by molar-refractivity contribution is 5.92. The lowest BCUT2D eigenvalue weighted by molar-refractivity contribution is -0.138. The zero-order chi connectivity index (χ0) is 52.0. The van der Waals surface area contributed by atoms with Gasteiger partial charge < -0.3 is 28.4 Å². The van der Waals surface area contributed by atoms with E-state index in [2.05, 4.69) is 13.2 Å². The van der Waals surface area contributed by atoms with Gasteiger partial charge in [-0.3, -0.25) is 0 Å². The molecular weight excluding hydrogens is 933 g/mol. The Hall–Kier alpha value is -5.66. The maximum atomic E-state index is 15.0. The maximum Gasteiger partial charge on any atom is 0.343 e. The van der Waals surface area contributed by atoms with Crippen LogP contribution in [0.15, 0.2) is 73.8 Å². The first-order chi connectivity index (χ1) is 35.0. The van der Waals surface area contributed by atoms with Crippen LogP contribution in [-0.2, 0) is 19.1 Å². The van der Waals surface area contributed by atoms with Gasteiger partial charge in [0.05, 0.1) is 37.6 Å². The van der Waals surface area contributed by atoms with Gasteiger partial charge >= 0.3 is 23.9 Å². The van der Waals surface area contributed by atoms with Crippen LogP contribution in [0.5, 0.6) is 23.0 Å². The summed E-state index contributed by atoms with van der Waals surface area (Å²) < 4.78 is 91.1. The highest BCUT2D eigenvalue weighted by atomic mass is 19.2. The molecule has 0 spiro atoms. The van der Waals surface area contributed by atoms with Crippen molar-refractivity contribution in [2.45, 2.75) is 180 Å².